The standard InChI is InChI=1S/C8H20N2O2Si.ClH/c1-13(2,3)7-6-12-8(11)10-5-4-9;/h4-7,9H2,1-3H3,(H,10,11);1H. The van der Waals surface area contributed by atoms with Gasteiger partial charge in [0.25, 0.3) is 0 Å². The molecule has 0 aromatic carbocycles. The Morgan fingerprint density at radius 1 is 1.43 bits per heavy atom. The Kier molecular flexibility index (Phi) is 9.34. The van der Waals surface area contributed by atoms with E-state index in [1.807, 2.05) is 0 Å². The fourth-order valence-corrected chi connectivity index (χ4v) is 1.39. The van der Waals surface area contributed by atoms with Gasteiger partial charge in [0.15, 0.2) is 0 Å². The highest BCUT2D eigenvalue weighted by Crippen LogP contribution is 2.07. The van der Waals surface area contributed by atoms with Crippen LogP contribution in [0.2, 0.25) is 25.7 Å². The molecule has 3 N–H and O–H groups in total. The highest BCUT2D eigenvalue weighted by atomic mass is 35.5. The van der Waals surface area contributed by atoms with E-state index < -0.39 is 8.07 Å². The second kappa shape index (κ2) is 8.08. The van der Waals surface area contributed by atoms with Crippen molar-refractivity contribution in [2.45, 2.75) is 25.7 Å². The van der Waals surface area contributed by atoms with Crippen LogP contribution in [0.25, 0.3) is 0 Å². The second-order valence-electron chi connectivity index (χ2n) is 4.16. The van der Waals surface area contributed by atoms with E-state index in [1.54, 1.807) is 0 Å². The van der Waals surface area contributed by atoms with Crippen molar-refractivity contribution in [2.75, 3.05) is 19.7 Å². The van der Waals surface area contributed by atoms with Crippen LogP contribution in [0.1, 0.15) is 0 Å². The number of carbonyl (C=O) groups is 1. The van der Waals surface area contributed by atoms with E-state index in [9.17, 15) is 4.79 Å². The van der Waals surface area contributed by atoms with Gasteiger partial charge in [0.2, 0.25) is 0 Å². The molecule has 0 heterocycles. The Morgan fingerprint density at radius 3 is 2.43 bits per heavy atom. The summed E-state index contributed by atoms with van der Waals surface area (Å²) in [5, 5.41) is 2.55. The zero-order valence-corrected chi connectivity index (χ0v) is 10.9. The number of carbonyl (C=O) groups excluding carboxylic acids is 1. The highest BCUT2D eigenvalue weighted by molar-refractivity contribution is 6.76. The monoisotopic (exact) mass is 240 g/mol. The lowest BCUT2D eigenvalue weighted by atomic mass is 10.6. The number of hydrogen-bond donors (Lipinski definition) is 2. The van der Waals surface area contributed by atoms with Crippen LogP contribution in [0.3, 0.4) is 0 Å². The number of nitrogens with two attached hydrogens (primary N) is 1. The zero-order chi connectivity index (χ0) is 10.3. The smallest absolute Gasteiger partial charge is 0.407 e. The third-order valence-electron chi connectivity index (χ3n) is 1.50. The molecule has 0 bridgehead atoms. The molecule has 0 aromatic heterocycles. The maximum atomic E-state index is 10.9. The molecule has 0 radical (unpaired) electrons. The molecule has 0 aliphatic rings. The van der Waals surface area contributed by atoms with Crippen molar-refractivity contribution in [3.8, 4) is 0 Å². The summed E-state index contributed by atoms with van der Waals surface area (Å²) in [6.07, 6.45) is -0.358. The van der Waals surface area contributed by atoms with Gasteiger partial charge in [-0.1, -0.05) is 19.6 Å². The second-order valence-corrected chi connectivity index (χ2v) is 9.78. The van der Waals surface area contributed by atoms with E-state index in [1.165, 1.54) is 0 Å². The van der Waals surface area contributed by atoms with Gasteiger partial charge in [-0.3, -0.25) is 0 Å². The number of hydrogen-bond acceptors (Lipinski definition) is 3. The summed E-state index contributed by atoms with van der Waals surface area (Å²) in [4.78, 5) is 10.9. The molecular weight excluding hydrogens is 220 g/mol. The van der Waals surface area contributed by atoms with Crippen molar-refractivity contribution in [3.63, 3.8) is 0 Å². The minimum atomic E-state index is -1.08. The third kappa shape index (κ3) is 11.7. The summed E-state index contributed by atoms with van der Waals surface area (Å²) >= 11 is 0. The topological polar surface area (TPSA) is 64.3 Å². The van der Waals surface area contributed by atoms with E-state index in [2.05, 4.69) is 25.0 Å². The third-order valence-corrected chi connectivity index (χ3v) is 3.20. The van der Waals surface area contributed by atoms with Gasteiger partial charge in [0, 0.05) is 21.2 Å². The van der Waals surface area contributed by atoms with Crippen LogP contribution in [-0.4, -0.2) is 33.9 Å². The van der Waals surface area contributed by atoms with E-state index >= 15 is 0 Å². The molecular formula is C8H21ClN2O2Si. The molecule has 0 aliphatic heterocycles. The molecule has 0 aromatic rings. The van der Waals surface area contributed by atoms with Crippen LogP contribution in [-0.2, 0) is 4.74 Å². The van der Waals surface area contributed by atoms with Gasteiger partial charge >= 0.3 is 6.09 Å². The van der Waals surface area contributed by atoms with E-state index in [4.69, 9.17) is 10.5 Å². The van der Waals surface area contributed by atoms with Gasteiger partial charge in [0.05, 0.1) is 6.61 Å². The predicted octanol–water partition coefficient (Wildman–Crippen LogP) is 1.43. The summed E-state index contributed by atoms with van der Waals surface area (Å²) in [6.45, 7) is 8.18. The van der Waals surface area contributed by atoms with E-state index in [0.717, 1.165) is 6.04 Å². The van der Waals surface area contributed by atoms with Crippen molar-refractivity contribution in [1.29, 1.82) is 0 Å². The van der Waals surface area contributed by atoms with Crippen LogP contribution in [0.15, 0.2) is 0 Å². The number of alkyl carbamates (subject to hydrolysis) is 1. The summed E-state index contributed by atoms with van der Waals surface area (Å²) in [5.41, 5.74) is 5.21. The van der Waals surface area contributed by atoms with Crippen molar-refractivity contribution in [3.05, 3.63) is 0 Å². The molecule has 0 saturated carbocycles. The van der Waals surface area contributed by atoms with Gasteiger partial charge in [-0.2, -0.15) is 0 Å². The number of halogens is 1. The van der Waals surface area contributed by atoms with Crippen LogP contribution >= 0.6 is 12.4 Å². The minimum absolute atomic E-state index is 0. The van der Waals surface area contributed by atoms with Crippen molar-refractivity contribution >= 4 is 26.6 Å². The lowest BCUT2D eigenvalue weighted by Crippen LogP contribution is -2.31. The Morgan fingerprint density at radius 2 is 2.00 bits per heavy atom. The average molecular weight is 241 g/mol. The van der Waals surface area contributed by atoms with Gasteiger partial charge < -0.3 is 15.8 Å². The molecule has 86 valence electrons. The first-order chi connectivity index (χ1) is 5.95. The molecule has 1 amide bonds. The molecule has 4 nitrogen and oxygen atoms in total. The molecule has 0 spiro atoms. The average Bonchev–Trinajstić information content (AvgIpc) is 1.98. The fraction of sp³-hybridized carbons (Fsp3) is 0.875. The minimum Gasteiger partial charge on any atom is -0.450 e. The number of nitrogens with one attached hydrogen (secondary N) is 1. The quantitative estimate of drug-likeness (QED) is 0.715. The number of ether oxygens (including phenoxy) is 1. The first-order valence-corrected chi connectivity index (χ1v) is 8.27. The Balaban J connectivity index is 0. The largest absolute Gasteiger partial charge is 0.450 e. The maximum Gasteiger partial charge on any atom is 0.407 e. The first-order valence-electron chi connectivity index (χ1n) is 4.56. The van der Waals surface area contributed by atoms with Crippen LogP contribution < -0.4 is 11.1 Å². The molecule has 0 rings (SSSR count). The highest BCUT2D eigenvalue weighted by Gasteiger charge is 2.13. The molecule has 0 saturated heterocycles. The Labute approximate surface area is 93.0 Å². The first kappa shape index (κ1) is 16.2. The summed E-state index contributed by atoms with van der Waals surface area (Å²) in [6, 6.07) is 1.00. The van der Waals surface area contributed by atoms with E-state index in [0.29, 0.717) is 19.7 Å². The van der Waals surface area contributed by atoms with Crippen molar-refractivity contribution in [2.24, 2.45) is 5.73 Å². The van der Waals surface area contributed by atoms with Crippen molar-refractivity contribution < 1.29 is 9.53 Å². The summed E-state index contributed by atoms with van der Waals surface area (Å²) < 4.78 is 4.95. The van der Waals surface area contributed by atoms with Crippen LogP contribution in [0.4, 0.5) is 4.79 Å². The van der Waals surface area contributed by atoms with Gasteiger partial charge in [-0.05, 0) is 6.04 Å². The maximum absolute atomic E-state index is 10.9. The zero-order valence-electron chi connectivity index (χ0n) is 9.13. The normalized spacial score (nSPS) is 10.3. The van der Waals surface area contributed by atoms with E-state index in [-0.39, 0.29) is 18.5 Å². The SMILES string of the molecule is C[Si](C)(C)CCOC(=O)NCCN.Cl. The lowest BCUT2D eigenvalue weighted by Gasteiger charge is -2.15. The Bertz CT molecular complexity index is 162. The molecule has 14 heavy (non-hydrogen) atoms. The number of amides is 1. The number of rotatable bonds is 5. The molecule has 0 unspecified atom stereocenters. The fourth-order valence-electron chi connectivity index (χ4n) is 0.675. The summed E-state index contributed by atoms with van der Waals surface area (Å²) in [7, 11) is -1.08. The van der Waals surface area contributed by atoms with Crippen LogP contribution in [0.5, 0.6) is 0 Å². The van der Waals surface area contributed by atoms with Crippen molar-refractivity contribution in [1.82, 2.24) is 5.32 Å². The lowest BCUT2D eigenvalue weighted by molar-refractivity contribution is 0.152. The summed E-state index contributed by atoms with van der Waals surface area (Å²) in [5.74, 6) is 0. The molecule has 0 atom stereocenters. The van der Waals surface area contributed by atoms with Gasteiger partial charge in [-0.25, -0.2) is 4.79 Å². The Hall–Kier alpha value is -0.263. The molecule has 6 heteroatoms. The molecule has 0 fully saturated rings. The van der Waals surface area contributed by atoms with Gasteiger partial charge in [0.1, 0.15) is 0 Å². The predicted molar refractivity (Wildman–Crippen MR) is 63.8 cm³/mol. The molecule has 0 aliphatic carbocycles. The van der Waals surface area contributed by atoms with Gasteiger partial charge in [-0.15, -0.1) is 12.4 Å². The van der Waals surface area contributed by atoms with Crippen LogP contribution in [0, 0.1) is 0 Å².